The second-order valence-corrected chi connectivity index (χ2v) is 10.5. The lowest BCUT2D eigenvalue weighted by Gasteiger charge is -2.15. The quantitative estimate of drug-likeness (QED) is 0.284. The van der Waals surface area contributed by atoms with Crippen LogP contribution in [0.15, 0.2) is 71.6 Å². The van der Waals surface area contributed by atoms with Gasteiger partial charge in [-0.2, -0.15) is 0 Å². The predicted molar refractivity (Wildman–Crippen MR) is 155 cm³/mol. The van der Waals surface area contributed by atoms with Gasteiger partial charge in [0.2, 0.25) is 0 Å². The Bertz CT molecular complexity index is 1400. The monoisotopic (exact) mass is 544 g/mol. The predicted octanol–water partition coefficient (Wildman–Crippen LogP) is 6.77. The molecule has 0 saturated carbocycles. The summed E-state index contributed by atoms with van der Waals surface area (Å²) in [6.45, 7) is 8.40. The topological polar surface area (TPSA) is 84.9 Å². The first-order chi connectivity index (χ1) is 18.7. The summed E-state index contributed by atoms with van der Waals surface area (Å²) >= 11 is 0.914. The van der Waals surface area contributed by atoms with Crippen molar-refractivity contribution in [3.05, 3.63) is 93.9 Å². The van der Waals surface area contributed by atoms with Gasteiger partial charge in [-0.25, -0.2) is 0 Å². The highest BCUT2D eigenvalue weighted by Gasteiger charge is 2.35. The van der Waals surface area contributed by atoms with E-state index in [1.807, 2.05) is 62.4 Å². The largest absolute Gasteiger partial charge is 0.490 e. The van der Waals surface area contributed by atoms with Crippen molar-refractivity contribution in [2.24, 2.45) is 0 Å². The van der Waals surface area contributed by atoms with Crippen LogP contribution in [0.2, 0.25) is 0 Å². The van der Waals surface area contributed by atoms with Crippen molar-refractivity contribution in [1.82, 2.24) is 4.90 Å². The number of nitrogens with zero attached hydrogens (tertiary/aromatic N) is 1. The fraction of sp³-hybridized carbons (Fsp3) is 0.258. The Labute approximate surface area is 233 Å². The fourth-order valence-corrected chi connectivity index (χ4v) is 4.95. The lowest BCUT2D eigenvalue weighted by Crippen LogP contribution is -2.27. The van der Waals surface area contributed by atoms with Gasteiger partial charge >= 0.3 is 0 Å². The molecule has 1 N–H and O–H groups in total. The van der Waals surface area contributed by atoms with Gasteiger partial charge < -0.3 is 14.8 Å². The van der Waals surface area contributed by atoms with Gasteiger partial charge in [0, 0.05) is 5.69 Å². The molecule has 1 heterocycles. The van der Waals surface area contributed by atoms with Crippen LogP contribution in [-0.2, 0) is 16.1 Å². The Kier molecular flexibility index (Phi) is 9.09. The van der Waals surface area contributed by atoms with E-state index in [0.717, 1.165) is 34.1 Å². The smallest absolute Gasteiger partial charge is 0.293 e. The first-order valence-corrected chi connectivity index (χ1v) is 13.7. The molecule has 3 amide bonds. The molecule has 1 saturated heterocycles. The first kappa shape index (κ1) is 28.0. The molecule has 0 unspecified atom stereocenters. The van der Waals surface area contributed by atoms with E-state index in [4.69, 9.17) is 9.47 Å². The number of carbonyl (C=O) groups is 3. The standard InChI is InChI=1S/C31H32N2O5S/c1-5-37-27-16-23(17-28-30(35)33(31(36)39-28)18-22-12-10-21(4)11-13-22)14-15-26(27)38-19-29(34)32-25-9-7-6-8-24(25)20(2)3/h6-17,20H,5,18-19H2,1-4H3,(H,32,34)/b28-17+. The van der Waals surface area contributed by atoms with Crippen molar-refractivity contribution in [2.75, 3.05) is 18.5 Å². The van der Waals surface area contributed by atoms with E-state index >= 15 is 0 Å². The molecule has 202 valence electrons. The highest BCUT2D eigenvalue weighted by Crippen LogP contribution is 2.35. The number of carbonyl (C=O) groups excluding carboxylic acids is 3. The Balaban J connectivity index is 1.44. The van der Waals surface area contributed by atoms with E-state index in [2.05, 4.69) is 19.2 Å². The van der Waals surface area contributed by atoms with Crippen LogP contribution in [0.5, 0.6) is 11.5 Å². The average Bonchev–Trinajstić information content (AvgIpc) is 3.17. The molecule has 7 nitrogen and oxygen atoms in total. The van der Waals surface area contributed by atoms with Crippen molar-refractivity contribution in [1.29, 1.82) is 0 Å². The molecule has 0 aliphatic carbocycles. The summed E-state index contributed by atoms with van der Waals surface area (Å²) in [6, 6.07) is 20.6. The van der Waals surface area contributed by atoms with Crippen LogP contribution < -0.4 is 14.8 Å². The molecule has 3 aromatic carbocycles. The maximum atomic E-state index is 13.0. The summed E-state index contributed by atoms with van der Waals surface area (Å²) in [4.78, 5) is 39.7. The van der Waals surface area contributed by atoms with Gasteiger partial charge in [-0.15, -0.1) is 0 Å². The molecule has 8 heteroatoms. The second kappa shape index (κ2) is 12.7. The molecular formula is C31H32N2O5S. The van der Waals surface area contributed by atoms with Crippen LogP contribution in [0.1, 0.15) is 48.9 Å². The van der Waals surface area contributed by atoms with Gasteiger partial charge in [0.05, 0.1) is 18.1 Å². The molecule has 1 aliphatic rings. The highest BCUT2D eigenvalue weighted by molar-refractivity contribution is 8.18. The zero-order valence-electron chi connectivity index (χ0n) is 22.5. The van der Waals surface area contributed by atoms with Gasteiger partial charge in [0.25, 0.3) is 17.1 Å². The van der Waals surface area contributed by atoms with E-state index in [9.17, 15) is 14.4 Å². The highest BCUT2D eigenvalue weighted by atomic mass is 32.2. The average molecular weight is 545 g/mol. The number of amides is 3. The van der Waals surface area contributed by atoms with Crippen LogP contribution in [0.25, 0.3) is 6.08 Å². The summed E-state index contributed by atoms with van der Waals surface area (Å²) in [5.41, 5.74) is 4.50. The van der Waals surface area contributed by atoms with E-state index in [1.165, 1.54) is 4.90 Å². The van der Waals surface area contributed by atoms with E-state index in [1.54, 1.807) is 24.3 Å². The van der Waals surface area contributed by atoms with Crippen molar-refractivity contribution in [3.8, 4) is 11.5 Å². The summed E-state index contributed by atoms with van der Waals surface area (Å²) in [7, 11) is 0. The van der Waals surface area contributed by atoms with Crippen LogP contribution in [-0.4, -0.2) is 35.2 Å². The maximum Gasteiger partial charge on any atom is 0.293 e. The minimum absolute atomic E-state index is 0.191. The van der Waals surface area contributed by atoms with Gasteiger partial charge in [-0.3, -0.25) is 19.3 Å². The van der Waals surface area contributed by atoms with Crippen LogP contribution in [0.4, 0.5) is 10.5 Å². The van der Waals surface area contributed by atoms with Gasteiger partial charge in [-0.1, -0.05) is 67.9 Å². The van der Waals surface area contributed by atoms with Crippen LogP contribution in [0, 0.1) is 6.92 Å². The summed E-state index contributed by atoms with van der Waals surface area (Å²) in [5, 5.41) is 2.61. The third kappa shape index (κ3) is 7.09. The number of imide groups is 1. The molecule has 4 rings (SSSR count). The zero-order chi connectivity index (χ0) is 27.9. The molecule has 39 heavy (non-hydrogen) atoms. The van der Waals surface area contributed by atoms with Gasteiger partial charge in [-0.05, 0) is 72.5 Å². The Hall–Kier alpha value is -4.04. The van der Waals surface area contributed by atoms with Gasteiger partial charge in [0.15, 0.2) is 18.1 Å². The summed E-state index contributed by atoms with van der Waals surface area (Å²) in [6.07, 6.45) is 1.67. The number of para-hydroxylation sites is 1. The number of benzene rings is 3. The third-order valence-electron chi connectivity index (χ3n) is 6.12. The van der Waals surface area contributed by atoms with Crippen LogP contribution in [0.3, 0.4) is 0 Å². The van der Waals surface area contributed by atoms with Crippen molar-refractivity contribution in [2.45, 2.75) is 40.2 Å². The molecule has 0 spiro atoms. The van der Waals surface area contributed by atoms with E-state index < -0.39 is 0 Å². The lowest BCUT2D eigenvalue weighted by atomic mass is 10.0. The van der Waals surface area contributed by atoms with E-state index in [-0.39, 0.29) is 36.1 Å². The van der Waals surface area contributed by atoms with Crippen LogP contribution >= 0.6 is 11.8 Å². The fourth-order valence-electron chi connectivity index (χ4n) is 4.11. The number of ether oxygens (including phenoxy) is 2. The SMILES string of the molecule is CCOc1cc(/C=C2/SC(=O)N(Cc3ccc(C)cc3)C2=O)ccc1OCC(=O)Nc1ccccc1C(C)C. The molecule has 0 radical (unpaired) electrons. The second-order valence-electron chi connectivity index (χ2n) is 9.47. The van der Waals surface area contributed by atoms with Crippen molar-refractivity contribution < 1.29 is 23.9 Å². The molecular weight excluding hydrogens is 512 g/mol. The molecule has 0 aromatic heterocycles. The summed E-state index contributed by atoms with van der Waals surface area (Å²) < 4.78 is 11.5. The Morgan fingerprint density at radius 2 is 1.74 bits per heavy atom. The number of hydrogen-bond donors (Lipinski definition) is 1. The number of thioether (sulfide) groups is 1. The number of rotatable bonds is 10. The Morgan fingerprint density at radius 3 is 2.46 bits per heavy atom. The molecule has 0 bridgehead atoms. The number of anilines is 1. The summed E-state index contributed by atoms with van der Waals surface area (Å²) in [5.74, 6) is 0.511. The van der Waals surface area contributed by atoms with Crippen molar-refractivity contribution >= 4 is 40.6 Å². The third-order valence-corrected chi connectivity index (χ3v) is 7.02. The number of hydrogen-bond acceptors (Lipinski definition) is 6. The first-order valence-electron chi connectivity index (χ1n) is 12.8. The maximum absolute atomic E-state index is 13.0. The lowest BCUT2D eigenvalue weighted by molar-refractivity contribution is -0.123. The zero-order valence-corrected chi connectivity index (χ0v) is 23.3. The molecule has 1 fully saturated rings. The molecule has 0 atom stereocenters. The minimum atomic E-state index is -0.331. The minimum Gasteiger partial charge on any atom is -0.490 e. The number of aryl methyl sites for hydroxylation is 1. The molecule has 1 aliphatic heterocycles. The number of nitrogens with one attached hydrogen (secondary N) is 1. The van der Waals surface area contributed by atoms with Crippen molar-refractivity contribution in [3.63, 3.8) is 0 Å². The normalized spacial score (nSPS) is 14.3. The van der Waals surface area contributed by atoms with Gasteiger partial charge in [0.1, 0.15) is 0 Å². The Morgan fingerprint density at radius 1 is 1.00 bits per heavy atom. The molecule has 3 aromatic rings. The van der Waals surface area contributed by atoms with E-state index in [0.29, 0.717) is 28.6 Å².